The Morgan fingerprint density at radius 3 is 1.35 bits per heavy atom. The zero-order valence-corrected chi connectivity index (χ0v) is 60.5. The van der Waals surface area contributed by atoms with Crippen LogP contribution in [0.1, 0.15) is 122 Å². The highest BCUT2D eigenvalue weighted by molar-refractivity contribution is 7.80. The summed E-state index contributed by atoms with van der Waals surface area (Å²) in [5, 5.41) is 0. The molecule has 0 spiro atoms. The van der Waals surface area contributed by atoms with Crippen molar-refractivity contribution in [3.63, 3.8) is 0 Å². The second-order valence-corrected chi connectivity index (χ2v) is 33.0. The summed E-state index contributed by atoms with van der Waals surface area (Å²) in [7, 11) is 0. The molecule has 9 heteroatoms. The minimum absolute atomic E-state index is 0.0155. The van der Waals surface area contributed by atoms with Crippen LogP contribution < -0.4 is 56.6 Å². The molecule has 0 unspecified atom stereocenters. The van der Waals surface area contributed by atoms with Crippen LogP contribution in [0.4, 0.5) is 79.6 Å². The molecule has 0 saturated carbocycles. The second kappa shape index (κ2) is 22.8. The second-order valence-electron chi connectivity index (χ2n) is 32.5. The molecule has 6 nitrogen and oxygen atoms in total. The molecule has 0 N–H and O–H groups in total. The fourth-order valence-electron chi connectivity index (χ4n) is 18.8. The predicted octanol–water partition coefficient (Wildman–Crippen LogP) is 21.7. The summed E-state index contributed by atoms with van der Waals surface area (Å²) in [6.45, 7) is 25.9. The fraction of sp³-hybridized carbons (Fsp3) is 0.196. The van der Waals surface area contributed by atoms with Crippen molar-refractivity contribution in [1.82, 2.24) is 0 Å². The van der Waals surface area contributed by atoms with Crippen LogP contribution in [-0.2, 0) is 27.1 Å². The summed E-state index contributed by atoms with van der Waals surface area (Å²) >= 11 is 5.51. The van der Waals surface area contributed by atoms with E-state index in [1.165, 1.54) is 49.9 Å². The summed E-state index contributed by atoms with van der Waals surface area (Å²) in [5.41, 5.74) is 30.0. The highest BCUT2D eigenvalue weighted by Gasteiger charge is 2.50. The largest absolute Gasteiger partial charge is 0.458 e. The smallest absolute Gasteiger partial charge is 0.252 e. The first-order valence-corrected chi connectivity index (χ1v) is 36.5. The third-order valence-corrected chi connectivity index (χ3v) is 23.2. The van der Waals surface area contributed by atoms with Crippen molar-refractivity contribution in [2.75, 3.05) is 24.5 Å². The van der Waals surface area contributed by atoms with Crippen LogP contribution in [0.5, 0.6) is 11.5 Å². The molecule has 12 aromatic carbocycles. The number of rotatable bonds is 10. The van der Waals surface area contributed by atoms with Crippen molar-refractivity contribution in [3.8, 4) is 11.5 Å². The third-order valence-electron chi connectivity index (χ3n) is 22.8. The maximum Gasteiger partial charge on any atom is 0.252 e. The van der Waals surface area contributed by atoms with Crippen molar-refractivity contribution in [2.24, 2.45) is 0 Å². The molecule has 18 rings (SSSR count). The fourth-order valence-corrected chi connectivity index (χ4v) is 19.1. The van der Waals surface area contributed by atoms with Crippen LogP contribution >= 0.6 is 12.6 Å². The first-order chi connectivity index (χ1) is 48.6. The van der Waals surface area contributed by atoms with Crippen molar-refractivity contribution < 1.29 is 4.74 Å². The minimum atomic E-state index is -0.264. The maximum absolute atomic E-state index is 7.93. The number of nitrogens with zero attached hydrogens (tertiary/aromatic N) is 5. The van der Waals surface area contributed by atoms with Gasteiger partial charge in [0.25, 0.3) is 6.71 Å². The van der Waals surface area contributed by atoms with Gasteiger partial charge < -0.3 is 29.2 Å². The van der Waals surface area contributed by atoms with Crippen molar-refractivity contribution in [1.29, 1.82) is 0 Å². The van der Waals surface area contributed by atoms with E-state index in [9.17, 15) is 0 Å². The van der Waals surface area contributed by atoms with Gasteiger partial charge in [0.15, 0.2) is 0 Å². The van der Waals surface area contributed by atoms with Gasteiger partial charge in [0.05, 0.1) is 11.4 Å². The molecule has 6 aliphatic rings. The lowest BCUT2D eigenvalue weighted by molar-refractivity contribution is 0.402. The molecule has 0 aromatic heterocycles. The highest BCUT2D eigenvalue weighted by atomic mass is 32.1. The van der Waals surface area contributed by atoms with Crippen LogP contribution in [0.3, 0.4) is 0 Å². The Morgan fingerprint density at radius 2 is 0.822 bits per heavy atom. The number of ether oxygens (including phenoxy) is 1. The Kier molecular flexibility index (Phi) is 14.2. The molecule has 0 bridgehead atoms. The highest BCUT2D eigenvalue weighted by Crippen LogP contribution is 2.56. The lowest BCUT2D eigenvalue weighted by Crippen LogP contribution is -2.62. The monoisotopic (exact) mass is 1330 g/mol. The zero-order chi connectivity index (χ0) is 69.2. The quantitative estimate of drug-likeness (QED) is 0.108. The van der Waals surface area contributed by atoms with Gasteiger partial charge in [0.2, 0.25) is 6.71 Å². The molecule has 101 heavy (non-hydrogen) atoms. The predicted molar refractivity (Wildman–Crippen MR) is 432 cm³/mol. The minimum Gasteiger partial charge on any atom is -0.458 e. The van der Waals surface area contributed by atoms with Crippen LogP contribution in [-0.4, -0.2) is 13.4 Å². The van der Waals surface area contributed by atoms with Gasteiger partial charge in [0.1, 0.15) is 11.5 Å². The van der Waals surface area contributed by atoms with Gasteiger partial charge in [0, 0.05) is 96.5 Å². The summed E-state index contributed by atoms with van der Waals surface area (Å²) in [6, 6.07) is 99.9. The van der Waals surface area contributed by atoms with Crippen molar-refractivity contribution in [2.45, 2.75) is 121 Å². The Bertz CT molecular complexity index is 5300. The van der Waals surface area contributed by atoms with Crippen molar-refractivity contribution >= 4 is 139 Å². The summed E-state index contributed by atoms with van der Waals surface area (Å²) in [5.74, 6) is 4.20. The Hall–Kier alpha value is -10.3. The summed E-state index contributed by atoms with van der Waals surface area (Å²) < 4.78 is 7.93. The zero-order valence-electron chi connectivity index (χ0n) is 59.6. The average molecular weight is 1330 g/mol. The SMILES string of the molecule is CC(C)(C)c1ccc(S)c(C2=CB3c4cc5c(cc4Oc4cc(N(c6ccccc6)c6ccccc6)cc(c43)N2c2ccc3c(c2)C(C)(C)CC3(C)C)N(c2ccccc2)c2cc(N(c3ccccc3)c3ccccc3)cc3c2B5c2ccccc2N3c2ccc3c(c2)C(C)(C)CC3(C)C)c1. The molecular weight excluding hydrogens is 1240 g/mol. The van der Waals surface area contributed by atoms with Crippen LogP contribution in [0, 0.1) is 0 Å². The standard InChI is InChI=1S/C92H83B2N5OS/c1-88(2,3)59-41-46-85(101)69(47-59)82-56-93-76-54-75-78(55-83(76)100-84-53-68(96(62-33-21-14-22-34-62)63-35-23-15-24-36-63)52-81(87(84)93)99(82)66-43-45-71-73(49-66)92(10,11)58-90(71,6)7)97(64-37-25-16-26-38-64)79-50-67(95(60-29-17-12-18-30-60)61-31-19-13-20-32-61)51-80-86(79)94(75)74-39-27-28-40-77(74)98(80)65-42-44-70-72(48-65)91(8,9)57-89(70,4)5/h12-56,101H,57-58H2,1-11H3. The van der Waals surface area contributed by atoms with Crippen LogP contribution in [0.15, 0.2) is 278 Å². The van der Waals surface area contributed by atoms with E-state index in [1.807, 2.05) is 0 Å². The molecule has 0 radical (unpaired) electrons. The molecule has 0 atom stereocenters. The Balaban J connectivity index is 0.934. The van der Waals surface area contributed by atoms with Crippen LogP contribution in [0.2, 0.25) is 0 Å². The van der Waals surface area contributed by atoms with E-state index in [4.69, 9.17) is 17.4 Å². The number of para-hydroxylation sites is 6. The van der Waals surface area contributed by atoms with Gasteiger partial charge >= 0.3 is 0 Å². The first-order valence-electron chi connectivity index (χ1n) is 36.0. The number of hydrogen-bond acceptors (Lipinski definition) is 7. The number of benzene rings is 12. The van der Waals surface area contributed by atoms with Crippen molar-refractivity contribution in [3.05, 3.63) is 306 Å². The lowest BCUT2D eigenvalue weighted by Gasteiger charge is -2.46. The van der Waals surface area contributed by atoms with E-state index < -0.39 is 0 Å². The molecule has 0 amide bonds. The molecule has 12 aromatic rings. The normalized spacial score (nSPS) is 16.4. The topological polar surface area (TPSA) is 25.4 Å². The van der Waals surface area contributed by atoms with E-state index in [0.717, 1.165) is 125 Å². The number of thiol groups is 1. The van der Waals surface area contributed by atoms with E-state index in [-0.39, 0.29) is 40.5 Å². The van der Waals surface area contributed by atoms with Gasteiger partial charge in [-0.25, -0.2) is 0 Å². The molecule has 2 aliphatic carbocycles. The van der Waals surface area contributed by atoms with Gasteiger partial charge in [-0.1, -0.05) is 216 Å². The maximum atomic E-state index is 7.93. The van der Waals surface area contributed by atoms with Crippen LogP contribution in [0.25, 0.3) is 5.70 Å². The van der Waals surface area contributed by atoms with Gasteiger partial charge in [-0.15, -0.1) is 12.6 Å². The van der Waals surface area contributed by atoms with Gasteiger partial charge in [-0.05, 0) is 216 Å². The molecule has 494 valence electrons. The molecule has 0 fully saturated rings. The average Bonchev–Trinajstić information content (AvgIpc) is 1.26. The molecule has 4 heterocycles. The number of hydrogen-bond donors (Lipinski definition) is 1. The number of anilines is 14. The first kappa shape index (κ1) is 62.9. The van der Waals surface area contributed by atoms with E-state index >= 15 is 0 Å². The van der Waals surface area contributed by atoms with Gasteiger partial charge in [-0.2, -0.15) is 0 Å². The Morgan fingerprint density at radius 1 is 0.366 bits per heavy atom. The summed E-state index contributed by atoms with van der Waals surface area (Å²) in [4.78, 5) is 13.4. The molecular formula is C92H83B2N5OS. The third kappa shape index (κ3) is 10.1. The lowest BCUT2D eigenvalue weighted by atomic mass is 9.31. The van der Waals surface area contributed by atoms with E-state index in [0.29, 0.717) is 0 Å². The number of fused-ring (bicyclic) bond motifs is 8. The molecule has 0 saturated heterocycles. The summed E-state index contributed by atoms with van der Waals surface area (Å²) in [6.07, 6.45) is 2.14. The van der Waals surface area contributed by atoms with Gasteiger partial charge in [-0.3, -0.25) is 0 Å². The van der Waals surface area contributed by atoms with E-state index in [1.54, 1.807) is 0 Å². The Labute approximate surface area is 602 Å². The van der Waals surface area contributed by atoms with E-state index in [2.05, 4.69) is 374 Å². The molecule has 4 aliphatic heterocycles.